The summed E-state index contributed by atoms with van der Waals surface area (Å²) in [5, 5.41) is 0.243. The molecule has 2 aromatic heterocycles. The van der Waals surface area contributed by atoms with Gasteiger partial charge in [-0.25, -0.2) is 0 Å². The lowest BCUT2D eigenvalue weighted by Gasteiger charge is -2.11. The number of rotatable bonds is 5. The van der Waals surface area contributed by atoms with Crippen molar-refractivity contribution in [3.8, 4) is 17.3 Å². The summed E-state index contributed by atoms with van der Waals surface area (Å²) in [5.41, 5.74) is 0.655. The van der Waals surface area contributed by atoms with Crippen LogP contribution >= 0.6 is 0 Å². The van der Waals surface area contributed by atoms with Gasteiger partial charge in [0.25, 0.3) is 0 Å². The van der Waals surface area contributed by atoms with E-state index in [2.05, 4.69) is 0 Å². The highest BCUT2D eigenvalue weighted by Crippen LogP contribution is 2.33. The molecule has 0 amide bonds. The van der Waals surface area contributed by atoms with Crippen LogP contribution in [0.5, 0.6) is 5.75 Å². The summed E-state index contributed by atoms with van der Waals surface area (Å²) in [6.07, 6.45) is 2.11. The summed E-state index contributed by atoms with van der Waals surface area (Å²) in [4.78, 5) is 13.1. The van der Waals surface area contributed by atoms with Gasteiger partial charge in [-0.1, -0.05) is 31.2 Å². The molecule has 0 fully saturated rings. The van der Waals surface area contributed by atoms with Crippen LogP contribution in [0.1, 0.15) is 12.5 Å². The van der Waals surface area contributed by atoms with E-state index in [1.54, 1.807) is 42.5 Å². The van der Waals surface area contributed by atoms with Crippen molar-refractivity contribution in [2.24, 2.45) is 0 Å². The maximum atomic E-state index is 13.1. The Bertz CT molecular complexity index is 1290. The first kappa shape index (κ1) is 18.1. The van der Waals surface area contributed by atoms with E-state index in [-0.39, 0.29) is 21.8 Å². The van der Waals surface area contributed by atoms with Crippen molar-refractivity contribution in [2.45, 2.75) is 18.2 Å². The van der Waals surface area contributed by atoms with Gasteiger partial charge < -0.3 is 13.0 Å². The molecule has 2 heterocycles. The molecule has 6 nitrogen and oxygen atoms in total. The van der Waals surface area contributed by atoms with E-state index >= 15 is 0 Å². The SMILES string of the molecule is CCc1ccc2oc(-c3ccco3)c(OS(=O)(=O)c3ccccc3)c(=O)c2c1. The molecule has 28 heavy (non-hydrogen) atoms. The largest absolute Gasteiger partial charge is 0.461 e. The first-order valence-electron chi connectivity index (χ1n) is 8.63. The summed E-state index contributed by atoms with van der Waals surface area (Å²) >= 11 is 0. The molecule has 0 spiro atoms. The Balaban J connectivity index is 1.96. The lowest BCUT2D eigenvalue weighted by Crippen LogP contribution is -2.17. The maximum Gasteiger partial charge on any atom is 0.339 e. The number of fused-ring (bicyclic) bond motifs is 1. The summed E-state index contributed by atoms with van der Waals surface area (Å²) in [6.45, 7) is 1.96. The van der Waals surface area contributed by atoms with Crippen LogP contribution in [0, 0.1) is 0 Å². The van der Waals surface area contributed by atoms with Crippen molar-refractivity contribution in [1.29, 1.82) is 0 Å². The quantitative estimate of drug-likeness (QED) is 0.465. The van der Waals surface area contributed by atoms with Crippen LogP contribution in [-0.4, -0.2) is 8.42 Å². The second-order valence-corrected chi connectivity index (χ2v) is 7.65. The normalized spacial score (nSPS) is 11.6. The first-order valence-corrected chi connectivity index (χ1v) is 10.0. The van der Waals surface area contributed by atoms with E-state index in [0.29, 0.717) is 12.0 Å². The molecule has 0 saturated carbocycles. The first-order chi connectivity index (χ1) is 13.5. The fourth-order valence-corrected chi connectivity index (χ4v) is 3.79. The predicted molar refractivity (Wildman–Crippen MR) is 104 cm³/mol. The molecular formula is C21H16O6S. The average Bonchev–Trinajstić information content (AvgIpc) is 3.25. The van der Waals surface area contributed by atoms with Gasteiger partial charge in [0, 0.05) is 0 Å². The number of hydrogen-bond donors (Lipinski definition) is 0. The third-order valence-electron chi connectivity index (χ3n) is 4.29. The molecule has 2 aromatic carbocycles. The average molecular weight is 396 g/mol. The molecule has 7 heteroatoms. The van der Waals surface area contributed by atoms with Crippen LogP contribution in [-0.2, 0) is 16.5 Å². The van der Waals surface area contributed by atoms with Gasteiger partial charge in [0.05, 0.1) is 11.6 Å². The number of benzene rings is 2. The van der Waals surface area contributed by atoms with Crippen LogP contribution < -0.4 is 9.61 Å². The van der Waals surface area contributed by atoms with Gasteiger partial charge >= 0.3 is 10.1 Å². The maximum absolute atomic E-state index is 13.1. The molecule has 0 saturated heterocycles. The number of aryl methyl sites for hydroxylation is 1. The van der Waals surface area contributed by atoms with Crippen molar-refractivity contribution in [1.82, 2.24) is 0 Å². The van der Waals surface area contributed by atoms with Crippen LogP contribution in [0.3, 0.4) is 0 Å². The van der Waals surface area contributed by atoms with E-state index in [1.165, 1.54) is 18.4 Å². The van der Waals surface area contributed by atoms with E-state index < -0.39 is 21.3 Å². The van der Waals surface area contributed by atoms with Gasteiger partial charge in [-0.2, -0.15) is 8.42 Å². The monoisotopic (exact) mass is 396 g/mol. The highest BCUT2D eigenvalue weighted by molar-refractivity contribution is 7.87. The minimum atomic E-state index is -4.24. The molecule has 0 N–H and O–H groups in total. The second-order valence-electron chi connectivity index (χ2n) is 6.10. The highest BCUT2D eigenvalue weighted by Gasteiger charge is 2.26. The Hall–Kier alpha value is -3.32. The summed E-state index contributed by atoms with van der Waals surface area (Å²) in [7, 11) is -4.24. The van der Waals surface area contributed by atoms with Crippen molar-refractivity contribution in [3.05, 3.63) is 82.7 Å². The zero-order valence-electron chi connectivity index (χ0n) is 14.9. The highest BCUT2D eigenvalue weighted by atomic mass is 32.2. The van der Waals surface area contributed by atoms with Gasteiger partial charge in [-0.3, -0.25) is 4.79 Å². The zero-order valence-corrected chi connectivity index (χ0v) is 15.7. The van der Waals surface area contributed by atoms with Gasteiger partial charge in [0.15, 0.2) is 5.76 Å². The Morgan fingerprint density at radius 1 is 1.00 bits per heavy atom. The standard InChI is InChI=1S/C21H16O6S/c1-2-14-10-11-17-16(13-14)19(22)21(20(26-17)18-9-6-12-25-18)27-28(23,24)15-7-4-3-5-8-15/h3-13H,2H2,1H3. The van der Waals surface area contributed by atoms with E-state index in [9.17, 15) is 13.2 Å². The van der Waals surface area contributed by atoms with Crippen LogP contribution in [0.2, 0.25) is 0 Å². The van der Waals surface area contributed by atoms with Crippen molar-refractivity contribution < 1.29 is 21.4 Å². The molecule has 142 valence electrons. The lowest BCUT2D eigenvalue weighted by molar-refractivity contribution is 0.464. The summed E-state index contributed by atoms with van der Waals surface area (Å²) in [6, 6.07) is 16.0. The van der Waals surface area contributed by atoms with E-state index in [1.807, 2.05) is 13.0 Å². The Labute approximate surface area is 161 Å². The second kappa shape index (κ2) is 7.01. The van der Waals surface area contributed by atoms with Crippen LogP contribution in [0.25, 0.3) is 22.5 Å². The molecule has 0 bridgehead atoms. The molecule has 0 unspecified atom stereocenters. The van der Waals surface area contributed by atoms with Crippen molar-refractivity contribution in [2.75, 3.05) is 0 Å². The van der Waals surface area contributed by atoms with Crippen molar-refractivity contribution >= 4 is 21.1 Å². The molecule has 0 aliphatic heterocycles. The molecular weight excluding hydrogens is 380 g/mol. The lowest BCUT2D eigenvalue weighted by atomic mass is 10.1. The van der Waals surface area contributed by atoms with Gasteiger partial charge in [0.2, 0.25) is 16.9 Å². The van der Waals surface area contributed by atoms with E-state index in [0.717, 1.165) is 5.56 Å². The number of furan rings is 1. The van der Waals surface area contributed by atoms with Gasteiger partial charge in [0.1, 0.15) is 10.5 Å². The van der Waals surface area contributed by atoms with Crippen LogP contribution in [0.4, 0.5) is 0 Å². The fourth-order valence-electron chi connectivity index (χ4n) is 2.84. The molecule has 4 aromatic rings. The molecule has 0 atom stereocenters. The Kier molecular flexibility index (Phi) is 4.52. The third-order valence-corrected chi connectivity index (χ3v) is 5.53. The van der Waals surface area contributed by atoms with Crippen molar-refractivity contribution in [3.63, 3.8) is 0 Å². The fraction of sp³-hybridized carbons (Fsp3) is 0.0952. The molecule has 0 aliphatic carbocycles. The molecule has 0 aliphatic rings. The van der Waals surface area contributed by atoms with Gasteiger partial charge in [-0.05, 0) is 48.4 Å². The molecule has 0 radical (unpaired) electrons. The van der Waals surface area contributed by atoms with Gasteiger partial charge in [-0.15, -0.1) is 0 Å². The smallest absolute Gasteiger partial charge is 0.339 e. The zero-order chi connectivity index (χ0) is 19.7. The minimum absolute atomic E-state index is 0.0674. The predicted octanol–water partition coefficient (Wildman–Crippen LogP) is 4.38. The topological polar surface area (TPSA) is 86.7 Å². The summed E-state index contributed by atoms with van der Waals surface area (Å²) in [5.74, 6) is -0.317. The number of hydrogen-bond acceptors (Lipinski definition) is 6. The Morgan fingerprint density at radius 2 is 1.79 bits per heavy atom. The third kappa shape index (κ3) is 3.20. The van der Waals surface area contributed by atoms with Crippen LogP contribution in [0.15, 0.2) is 85.5 Å². The minimum Gasteiger partial charge on any atom is -0.461 e. The van der Waals surface area contributed by atoms with E-state index in [4.69, 9.17) is 13.0 Å². The summed E-state index contributed by atoms with van der Waals surface area (Å²) < 4.78 is 41.8. The Morgan fingerprint density at radius 3 is 2.46 bits per heavy atom. The molecule has 4 rings (SSSR count).